The first-order valence-electron chi connectivity index (χ1n) is 14.3. The predicted octanol–water partition coefficient (Wildman–Crippen LogP) is 8.32. The Labute approximate surface area is 245 Å². The molecule has 0 atom stereocenters. The van der Waals surface area contributed by atoms with Gasteiger partial charge in [0.15, 0.2) is 5.65 Å². The first-order valence-corrected chi connectivity index (χ1v) is 15.1. The lowest BCUT2D eigenvalue weighted by Crippen LogP contribution is -2.20. The van der Waals surface area contributed by atoms with Gasteiger partial charge in [-0.25, -0.2) is 4.98 Å². The van der Waals surface area contributed by atoms with Gasteiger partial charge < -0.3 is 10.3 Å². The maximum Gasteiger partial charge on any atom is 0.181 e. The zero-order valence-corrected chi connectivity index (χ0v) is 24.6. The molecule has 0 amide bonds. The van der Waals surface area contributed by atoms with Crippen molar-refractivity contribution in [2.24, 2.45) is 5.92 Å². The van der Waals surface area contributed by atoms with Crippen LogP contribution in [0.2, 0.25) is 0 Å². The van der Waals surface area contributed by atoms with Crippen molar-refractivity contribution in [1.82, 2.24) is 30.5 Å². The molecule has 0 spiro atoms. The summed E-state index contributed by atoms with van der Waals surface area (Å²) in [6.45, 7) is 14.1. The van der Waals surface area contributed by atoms with Crippen LogP contribution in [0.15, 0.2) is 74.2 Å². The van der Waals surface area contributed by atoms with Gasteiger partial charge in [-0.15, -0.1) is 11.3 Å². The van der Waals surface area contributed by atoms with Gasteiger partial charge >= 0.3 is 0 Å². The van der Waals surface area contributed by atoms with Gasteiger partial charge in [0.25, 0.3) is 0 Å². The molecule has 0 unspecified atom stereocenters. The third-order valence-corrected chi connectivity index (χ3v) is 9.21. The van der Waals surface area contributed by atoms with Crippen LogP contribution in [-0.2, 0) is 6.54 Å². The fourth-order valence-corrected chi connectivity index (χ4v) is 6.72. The van der Waals surface area contributed by atoms with Crippen LogP contribution in [0.25, 0.3) is 44.7 Å². The van der Waals surface area contributed by atoms with Crippen molar-refractivity contribution in [2.45, 2.75) is 46.1 Å². The second-order valence-electron chi connectivity index (χ2n) is 11.0. The Morgan fingerprint density at radius 3 is 2.68 bits per heavy atom. The predicted molar refractivity (Wildman–Crippen MR) is 172 cm³/mol. The minimum Gasteiger partial charge on any atom is -0.357 e. The number of pyridine rings is 2. The number of nitrogens with zero attached hydrogens (tertiary/aromatic N) is 3. The van der Waals surface area contributed by atoms with E-state index >= 15 is 0 Å². The average molecular weight is 561 g/mol. The van der Waals surface area contributed by atoms with Gasteiger partial charge in [0.05, 0.1) is 11.4 Å². The number of allylic oxidation sites excluding steroid dienone is 3. The van der Waals surface area contributed by atoms with Crippen LogP contribution in [-0.4, -0.2) is 31.7 Å². The summed E-state index contributed by atoms with van der Waals surface area (Å²) in [5.41, 5.74) is 10.2. The van der Waals surface area contributed by atoms with Crippen molar-refractivity contribution in [3.8, 4) is 22.5 Å². The van der Waals surface area contributed by atoms with Gasteiger partial charge in [-0.2, -0.15) is 5.10 Å². The zero-order valence-electron chi connectivity index (χ0n) is 23.8. The van der Waals surface area contributed by atoms with Crippen LogP contribution in [0.5, 0.6) is 0 Å². The Bertz CT molecular complexity index is 1740. The number of aromatic amines is 2. The van der Waals surface area contributed by atoms with Crippen molar-refractivity contribution in [1.29, 1.82) is 0 Å². The molecule has 0 saturated heterocycles. The number of hydrogen-bond acceptors (Lipinski definition) is 5. The largest absolute Gasteiger partial charge is 0.357 e. The molecule has 1 aliphatic carbocycles. The van der Waals surface area contributed by atoms with Crippen LogP contribution in [0, 0.1) is 12.8 Å². The lowest BCUT2D eigenvalue weighted by Gasteiger charge is -2.11. The summed E-state index contributed by atoms with van der Waals surface area (Å²) in [5, 5.41) is 12.3. The first kappa shape index (κ1) is 27.1. The van der Waals surface area contributed by atoms with Crippen molar-refractivity contribution < 1.29 is 0 Å². The smallest absolute Gasteiger partial charge is 0.181 e. The van der Waals surface area contributed by atoms with Crippen molar-refractivity contribution in [3.63, 3.8) is 0 Å². The monoisotopic (exact) mass is 560 g/mol. The summed E-state index contributed by atoms with van der Waals surface area (Å²) in [5.74, 6) is 0.817. The Kier molecular flexibility index (Phi) is 7.81. The molecular weight excluding hydrogens is 524 g/mol. The number of rotatable bonds is 10. The SMILES string of the molecule is C=C/C=C(/c1ccc(C(=C)C)s1)c1cc(-c2[nH]nc3ncc(-c4cncc(CNCC5CCCC5)c4)cc23)[nH]c1C. The third-order valence-electron chi connectivity index (χ3n) is 7.93. The highest BCUT2D eigenvalue weighted by atomic mass is 32.1. The molecule has 0 bridgehead atoms. The van der Waals surface area contributed by atoms with Crippen LogP contribution < -0.4 is 5.32 Å². The normalized spacial score (nSPS) is 14.2. The summed E-state index contributed by atoms with van der Waals surface area (Å²) < 4.78 is 0. The van der Waals surface area contributed by atoms with Gasteiger partial charge in [-0.05, 0) is 80.6 Å². The van der Waals surface area contributed by atoms with Crippen molar-refractivity contribution in [3.05, 3.63) is 101 Å². The van der Waals surface area contributed by atoms with Gasteiger partial charge in [-0.1, -0.05) is 38.2 Å². The average Bonchev–Trinajstić information content (AvgIpc) is 3.79. The standard InChI is InChI=1S/C34H36N6S/c1-5-8-27(32-12-11-31(41-32)21(2)3)28-15-30(38-22(28)4)33-29-14-26(20-37-34(29)40-39-33)25-13-24(18-36-19-25)17-35-16-23-9-6-7-10-23/h5,8,11-15,18-20,23,35,38H,1-2,6-7,9-10,16-17H2,3-4H3,(H,37,39,40)/b27-8+. The second-order valence-corrected chi connectivity index (χ2v) is 12.1. The van der Waals surface area contributed by atoms with Crippen LogP contribution in [0.4, 0.5) is 0 Å². The van der Waals surface area contributed by atoms with E-state index in [9.17, 15) is 0 Å². The topological polar surface area (TPSA) is 82.3 Å². The number of fused-ring (bicyclic) bond motifs is 1. The van der Waals surface area contributed by atoms with Crippen molar-refractivity contribution >= 4 is 33.5 Å². The third kappa shape index (κ3) is 5.73. The summed E-state index contributed by atoms with van der Waals surface area (Å²) in [4.78, 5) is 15.2. The minimum atomic E-state index is 0.686. The van der Waals surface area contributed by atoms with E-state index in [1.165, 1.54) is 41.0 Å². The molecule has 1 aliphatic rings. The van der Waals surface area contributed by atoms with E-state index in [1.54, 1.807) is 11.3 Å². The molecule has 0 aromatic carbocycles. The number of nitrogens with one attached hydrogen (secondary N) is 3. The van der Waals surface area contributed by atoms with Gasteiger partial charge in [-0.3, -0.25) is 10.1 Å². The fourth-order valence-electron chi connectivity index (χ4n) is 5.75. The molecule has 0 aliphatic heterocycles. The number of hydrogen-bond donors (Lipinski definition) is 3. The van der Waals surface area contributed by atoms with Gasteiger partial charge in [0.1, 0.15) is 0 Å². The zero-order chi connectivity index (χ0) is 28.3. The minimum absolute atomic E-state index is 0.686. The Morgan fingerprint density at radius 1 is 1.10 bits per heavy atom. The first-order chi connectivity index (χ1) is 20.0. The second kappa shape index (κ2) is 11.8. The van der Waals surface area contributed by atoms with E-state index in [0.717, 1.165) is 69.3 Å². The number of thiophene rings is 1. The molecule has 1 fully saturated rings. The lowest BCUT2D eigenvalue weighted by atomic mass is 10.0. The van der Waals surface area contributed by atoms with Crippen molar-refractivity contribution in [2.75, 3.05) is 6.54 Å². The molecule has 5 aromatic rings. The molecule has 7 heteroatoms. The summed E-state index contributed by atoms with van der Waals surface area (Å²) in [6.07, 6.45) is 15.1. The quantitative estimate of drug-likeness (QED) is 0.150. The van der Waals surface area contributed by atoms with E-state index in [-0.39, 0.29) is 0 Å². The maximum absolute atomic E-state index is 4.68. The van der Waals surface area contributed by atoms with Gasteiger partial charge in [0.2, 0.25) is 0 Å². The molecule has 3 N–H and O–H groups in total. The summed E-state index contributed by atoms with van der Waals surface area (Å²) >= 11 is 1.74. The van der Waals surface area contributed by atoms with Gasteiger partial charge in [0, 0.05) is 68.2 Å². The highest BCUT2D eigenvalue weighted by Gasteiger charge is 2.18. The fraction of sp³-hybridized carbons (Fsp3) is 0.265. The van der Waals surface area contributed by atoms with E-state index < -0.39 is 0 Å². The van der Waals surface area contributed by atoms with E-state index in [1.807, 2.05) is 31.6 Å². The number of H-pyrrole nitrogens is 2. The number of aromatic nitrogens is 5. The Balaban J connectivity index is 1.29. The molecule has 41 heavy (non-hydrogen) atoms. The molecule has 208 valence electrons. The van der Waals surface area contributed by atoms with Crippen LogP contribution >= 0.6 is 11.3 Å². The molecule has 6 rings (SSSR count). The molecule has 5 aromatic heterocycles. The molecule has 5 heterocycles. The van der Waals surface area contributed by atoms with E-state index in [4.69, 9.17) is 0 Å². The molecule has 6 nitrogen and oxygen atoms in total. The Hall–Kier alpha value is -4.07. The number of aryl methyl sites for hydroxylation is 1. The molecule has 1 saturated carbocycles. The lowest BCUT2D eigenvalue weighted by molar-refractivity contribution is 0.489. The highest BCUT2D eigenvalue weighted by Crippen LogP contribution is 2.37. The summed E-state index contributed by atoms with van der Waals surface area (Å²) in [6, 6.07) is 10.8. The molecular formula is C34H36N6S. The van der Waals surface area contributed by atoms with Crippen LogP contribution in [0.1, 0.15) is 59.2 Å². The van der Waals surface area contributed by atoms with E-state index in [2.05, 4.69) is 87.0 Å². The summed E-state index contributed by atoms with van der Waals surface area (Å²) in [7, 11) is 0. The van der Waals surface area contributed by atoms with E-state index in [0.29, 0.717) is 5.65 Å². The molecule has 0 radical (unpaired) electrons. The highest BCUT2D eigenvalue weighted by molar-refractivity contribution is 7.14. The Morgan fingerprint density at radius 2 is 1.90 bits per heavy atom. The maximum atomic E-state index is 4.68. The van der Waals surface area contributed by atoms with Crippen LogP contribution in [0.3, 0.4) is 0 Å².